The molecule has 2 aromatic rings. The van der Waals surface area contributed by atoms with E-state index in [0.29, 0.717) is 25.4 Å². The number of nitrogens with zero attached hydrogens (tertiary/aromatic N) is 2. The quantitative estimate of drug-likeness (QED) is 0.815. The number of urea groups is 1. The molecule has 0 bridgehead atoms. The molecule has 0 fully saturated rings. The van der Waals surface area contributed by atoms with Crippen LogP contribution in [0.15, 0.2) is 30.5 Å². The van der Waals surface area contributed by atoms with Gasteiger partial charge in [-0.1, -0.05) is 6.92 Å². The normalized spacial score (nSPS) is 12.0. The van der Waals surface area contributed by atoms with E-state index in [9.17, 15) is 13.6 Å². The summed E-state index contributed by atoms with van der Waals surface area (Å²) in [5.41, 5.74) is 0.110. The number of rotatable bonds is 7. The number of hydrogen-bond donors (Lipinski definition) is 2. The lowest BCUT2D eigenvalue weighted by molar-refractivity contribution is 0.183. The van der Waals surface area contributed by atoms with Crippen molar-refractivity contribution >= 4 is 11.8 Å². The van der Waals surface area contributed by atoms with Gasteiger partial charge in [-0.2, -0.15) is 5.10 Å². The first-order chi connectivity index (χ1) is 11.5. The SMILES string of the molecule is CC[C@@H](NC(=O)Nc1ccn(CCOC)n1)c1cc(F)ccc1F. The van der Waals surface area contributed by atoms with Crippen LogP contribution in [0.4, 0.5) is 19.4 Å². The van der Waals surface area contributed by atoms with E-state index in [1.165, 1.54) is 0 Å². The summed E-state index contributed by atoms with van der Waals surface area (Å²) in [7, 11) is 1.59. The Morgan fingerprint density at radius 3 is 2.88 bits per heavy atom. The molecule has 0 spiro atoms. The summed E-state index contributed by atoms with van der Waals surface area (Å²) in [4.78, 5) is 12.1. The molecule has 2 rings (SSSR count). The smallest absolute Gasteiger partial charge is 0.320 e. The highest BCUT2D eigenvalue weighted by molar-refractivity contribution is 5.88. The van der Waals surface area contributed by atoms with Crippen LogP contribution in [0.1, 0.15) is 24.9 Å². The van der Waals surface area contributed by atoms with Crippen LogP contribution in [0.3, 0.4) is 0 Å². The summed E-state index contributed by atoms with van der Waals surface area (Å²) in [6.07, 6.45) is 2.12. The van der Waals surface area contributed by atoms with Crippen molar-refractivity contribution < 1.29 is 18.3 Å². The van der Waals surface area contributed by atoms with Crippen molar-refractivity contribution in [3.63, 3.8) is 0 Å². The van der Waals surface area contributed by atoms with Crippen molar-refractivity contribution in [1.29, 1.82) is 0 Å². The molecule has 0 aliphatic rings. The molecule has 1 aromatic heterocycles. The van der Waals surface area contributed by atoms with Crippen LogP contribution in [0.25, 0.3) is 0 Å². The third-order valence-electron chi connectivity index (χ3n) is 3.45. The molecule has 0 aliphatic carbocycles. The van der Waals surface area contributed by atoms with E-state index in [0.717, 1.165) is 18.2 Å². The molecule has 6 nitrogen and oxygen atoms in total. The zero-order valence-corrected chi connectivity index (χ0v) is 13.6. The Balaban J connectivity index is 1.99. The number of ether oxygens (including phenoxy) is 1. The van der Waals surface area contributed by atoms with Crippen molar-refractivity contribution in [2.45, 2.75) is 25.9 Å². The lowest BCUT2D eigenvalue weighted by Crippen LogP contribution is -2.33. The monoisotopic (exact) mass is 338 g/mol. The first-order valence-electron chi connectivity index (χ1n) is 7.58. The summed E-state index contributed by atoms with van der Waals surface area (Å²) >= 11 is 0. The van der Waals surface area contributed by atoms with E-state index in [1.807, 2.05) is 0 Å². The highest BCUT2D eigenvalue weighted by Gasteiger charge is 2.17. The van der Waals surface area contributed by atoms with Gasteiger partial charge in [-0.15, -0.1) is 0 Å². The van der Waals surface area contributed by atoms with Gasteiger partial charge in [-0.25, -0.2) is 13.6 Å². The van der Waals surface area contributed by atoms with E-state index < -0.39 is 23.7 Å². The highest BCUT2D eigenvalue weighted by Crippen LogP contribution is 2.21. The van der Waals surface area contributed by atoms with Gasteiger partial charge in [0, 0.05) is 24.9 Å². The van der Waals surface area contributed by atoms with Crippen molar-refractivity contribution in [2.24, 2.45) is 0 Å². The molecule has 0 aliphatic heterocycles. The molecule has 2 amide bonds. The maximum Gasteiger partial charge on any atom is 0.320 e. The number of carbonyl (C=O) groups is 1. The van der Waals surface area contributed by atoms with Crippen LogP contribution >= 0.6 is 0 Å². The Morgan fingerprint density at radius 2 is 2.17 bits per heavy atom. The minimum absolute atomic E-state index is 0.110. The lowest BCUT2D eigenvalue weighted by atomic mass is 10.0. The van der Waals surface area contributed by atoms with Gasteiger partial charge in [-0.05, 0) is 24.6 Å². The molecular formula is C16H20F2N4O2. The average Bonchev–Trinajstić information content (AvgIpc) is 3.00. The number of benzene rings is 1. The number of hydrogen-bond acceptors (Lipinski definition) is 3. The zero-order valence-electron chi connectivity index (χ0n) is 13.6. The number of halogens is 2. The minimum atomic E-state index is -0.642. The summed E-state index contributed by atoms with van der Waals surface area (Å²) in [5.74, 6) is -0.755. The zero-order chi connectivity index (χ0) is 17.5. The Morgan fingerprint density at radius 1 is 1.38 bits per heavy atom. The van der Waals surface area contributed by atoms with E-state index >= 15 is 0 Å². The fraction of sp³-hybridized carbons (Fsp3) is 0.375. The van der Waals surface area contributed by atoms with Crippen molar-refractivity contribution in [2.75, 3.05) is 19.0 Å². The standard InChI is InChI=1S/C16H20F2N4O2/c1-3-14(12-10-11(17)4-5-13(12)18)19-16(23)20-15-6-7-22(21-15)8-9-24-2/h4-7,10,14H,3,8-9H2,1-2H3,(H2,19,20,21,23)/t14-/m1/s1. The van der Waals surface area contributed by atoms with Crippen molar-refractivity contribution in [3.05, 3.63) is 47.7 Å². The maximum absolute atomic E-state index is 13.8. The number of methoxy groups -OCH3 is 1. The second kappa shape index (κ2) is 8.39. The second-order valence-corrected chi connectivity index (χ2v) is 5.18. The Hall–Kier alpha value is -2.48. The fourth-order valence-corrected chi connectivity index (χ4v) is 2.23. The molecule has 24 heavy (non-hydrogen) atoms. The molecule has 1 atom stereocenters. The number of amides is 2. The molecule has 0 saturated heterocycles. The van der Waals surface area contributed by atoms with Crippen molar-refractivity contribution in [3.8, 4) is 0 Å². The summed E-state index contributed by atoms with van der Waals surface area (Å²) in [6.45, 7) is 2.84. The molecular weight excluding hydrogens is 318 g/mol. The fourth-order valence-electron chi connectivity index (χ4n) is 2.23. The van der Waals surface area contributed by atoms with Crippen LogP contribution in [0.5, 0.6) is 0 Å². The molecule has 0 unspecified atom stereocenters. The molecule has 2 N–H and O–H groups in total. The van der Waals surface area contributed by atoms with E-state index in [1.54, 1.807) is 31.0 Å². The largest absolute Gasteiger partial charge is 0.383 e. The Labute approximate surface area is 138 Å². The number of aromatic nitrogens is 2. The average molecular weight is 338 g/mol. The van der Waals surface area contributed by atoms with Gasteiger partial charge >= 0.3 is 6.03 Å². The molecule has 0 radical (unpaired) electrons. The maximum atomic E-state index is 13.8. The first kappa shape index (κ1) is 17.9. The van der Waals surface area contributed by atoms with Gasteiger partial charge in [0.15, 0.2) is 5.82 Å². The first-order valence-corrected chi connectivity index (χ1v) is 7.58. The summed E-state index contributed by atoms with van der Waals surface area (Å²) in [6, 6.07) is 3.63. The van der Waals surface area contributed by atoms with Gasteiger partial charge in [0.1, 0.15) is 11.6 Å². The van der Waals surface area contributed by atoms with E-state index in [-0.39, 0.29) is 5.56 Å². The van der Waals surface area contributed by atoms with Crippen LogP contribution in [0.2, 0.25) is 0 Å². The summed E-state index contributed by atoms with van der Waals surface area (Å²) < 4.78 is 33.7. The van der Waals surface area contributed by atoms with E-state index in [2.05, 4.69) is 15.7 Å². The Bertz CT molecular complexity index is 690. The van der Waals surface area contributed by atoms with Crippen LogP contribution in [-0.2, 0) is 11.3 Å². The van der Waals surface area contributed by atoms with Gasteiger partial charge in [0.25, 0.3) is 0 Å². The molecule has 1 aromatic carbocycles. The third kappa shape index (κ3) is 4.76. The van der Waals surface area contributed by atoms with Gasteiger partial charge in [0.2, 0.25) is 0 Å². The highest BCUT2D eigenvalue weighted by atomic mass is 19.1. The van der Waals surface area contributed by atoms with Gasteiger partial charge in [0.05, 0.1) is 19.2 Å². The summed E-state index contributed by atoms with van der Waals surface area (Å²) in [5, 5.41) is 9.35. The predicted molar refractivity (Wildman–Crippen MR) is 85.6 cm³/mol. The topological polar surface area (TPSA) is 68.2 Å². The van der Waals surface area contributed by atoms with Crippen molar-refractivity contribution in [1.82, 2.24) is 15.1 Å². The van der Waals surface area contributed by atoms with E-state index in [4.69, 9.17) is 4.74 Å². The molecule has 1 heterocycles. The molecule has 0 saturated carbocycles. The van der Waals surface area contributed by atoms with Crippen LogP contribution < -0.4 is 10.6 Å². The van der Waals surface area contributed by atoms with Crippen LogP contribution in [0, 0.1) is 11.6 Å². The second-order valence-electron chi connectivity index (χ2n) is 5.18. The molecule has 8 heteroatoms. The molecule has 130 valence electrons. The van der Waals surface area contributed by atoms with Crippen LogP contribution in [-0.4, -0.2) is 29.5 Å². The third-order valence-corrected chi connectivity index (χ3v) is 3.45. The van der Waals surface area contributed by atoms with Gasteiger partial charge in [-0.3, -0.25) is 10.00 Å². The number of carbonyl (C=O) groups excluding carboxylic acids is 1. The lowest BCUT2D eigenvalue weighted by Gasteiger charge is -2.18. The minimum Gasteiger partial charge on any atom is -0.383 e. The predicted octanol–water partition coefficient (Wildman–Crippen LogP) is 3.08. The number of nitrogens with one attached hydrogen (secondary N) is 2. The Kier molecular flexibility index (Phi) is 6.25. The number of anilines is 1. The van der Waals surface area contributed by atoms with Gasteiger partial charge < -0.3 is 10.1 Å².